The molecule has 1 heterocycles. The van der Waals surface area contributed by atoms with Crippen LogP contribution < -0.4 is 5.32 Å². The number of rotatable bonds is 7. The number of hydrogen-bond donors (Lipinski definition) is 1. The Kier molecular flexibility index (Phi) is 6.85. The number of nitro groups is 1. The summed E-state index contributed by atoms with van der Waals surface area (Å²) in [5.74, 6) is 0.353. The van der Waals surface area contributed by atoms with E-state index in [1.807, 2.05) is 12.1 Å². The molecule has 29 heavy (non-hydrogen) atoms. The number of aromatic nitrogens is 2. The third-order valence-corrected chi connectivity index (χ3v) is 5.44. The minimum atomic E-state index is -0.490. The first-order valence-electron chi connectivity index (χ1n) is 8.64. The molecule has 8 nitrogen and oxygen atoms in total. The van der Waals surface area contributed by atoms with Crippen molar-refractivity contribution in [2.45, 2.75) is 25.0 Å². The van der Waals surface area contributed by atoms with Gasteiger partial charge in [-0.2, -0.15) is 0 Å². The standard InChI is InChI=1S/C19H17IN4O4S/c1-11(2)15-9-13(20)6-7-16(15)21-17(25)10-29-19-23-22-18(28-19)12-4-3-5-14(8-12)24(26)27/h3-9,11H,10H2,1-2H3,(H,21,25). The molecule has 0 unspecified atom stereocenters. The molecule has 150 valence electrons. The minimum absolute atomic E-state index is 0.0623. The third kappa shape index (κ3) is 5.54. The molecule has 0 aliphatic heterocycles. The molecule has 1 aromatic heterocycles. The van der Waals surface area contributed by atoms with Crippen LogP contribution in [-0.2, 0) is 4.79 Å². The Morgan fingerprint density at radius 2 is 2.07 bits per heavy atom. The van der Waals surface area contributed by atoms with Gasteiger partial charge in [0.1, 0.15) is 0 Å². The van der Waals surface area contributed by atoms with E-state index in [2.05, 4.69) is 58.0 Å². The van der Waals surface area contributed by atoms with Crippen molar-refractivity contribution < 1.29 is 14.1 Å². The highest BCUT2D eigenvalue weighted by molar-refractivity contribution is 14.1. The van der Waals surface area contributed by atoms with Gasteiger partial charge in [-0.05, 0) is 58.3 Å². The van der Waals surface area contributed by atoms with Crippen molar-refractivity contribution in [3.63, 3.8) is 0 Å². The molecule has 3 aromatic rings. The number of thioether (sulfide) groups is 1. The number of benzene rings is 2. The Balaban J connectivity index is 1.64. The number of non-ortho nitro benzene ring substituents is 1. The first-order chi connectivity index (χ1) is 13.8. The van der Waals surface area contributed by atoms with Crippen molar-refractivity contribution in [3.8, 4) is 11.5 Å². The zero-order chi connectivity index (χ0) is 21.0. The smallest absolute Gasteiger partial charge is 0.277 e. The first kappa shape index (κ1) is 21.2. The van der Waals surface area contributed by atoms with E-state index >= 15 is 0 Å². The average Bonchev–Trinajstić information content (AvgIpc) is 3.17. The van der Waals surface area contributed by atoms with Crippen molar-refractivity contribution in [3.05, 3.63) is 61.7 Å². The number of nitro benzene ring substituents is 1. The summed E-state index contributed by atoms with van der Waals surface area (Å²) in [5.41, 5.74) is 2.24. The largest absolute Gasteiger partial charge is 0.411 e. The van der Waals surface area contributed by atoms with E-state index in [1.165, 1.54) is 12.1 Å². The fraction of sp³-hybridized carbons (Fsp3) is 0.211. The van der Waals surface area contributed by atoms with Gasteiger partial charge in [0.2, 0.25) is 11.8 Å². The Bertz CT molecular complexity index is 1050. The molecule has 0 bridgehead atoms. The van der Waals surface area contributed by atoms with E-state index in [0.717, 1.165) is 26.6 Å². The highest BCUT2D eigenvalue weighted by Crippen LogP contribution is 2.28. The molecule has 1 amide bonds. The van der Waals surface area contributed by atoms with Gasteiger partial charge in [0.25, 0.3) is 10.9 Å². The summed E-state index contributed by atoms with van der Waals surface area (Å²) < 4.78 is 6.63. The summed E-state index contributed by atoms with van der Waals surface area (Å²) in [7, 11) is 0. The van der Waals surface area contributed by atoms with E-state index in [1.54, 1.807) is 12.1 Å². The highest BCUT2D eigenvalue weighted by Gasteiger charge is 2.15. The van der Waals surface area contributed by atoms with Gasteiger partial charge in [0.15, 0.2) is 0 Å². The van der Waals surface area contributed by atoms with Crippen molar-refractivity contribution in [2.75, 3.05) is 11.1 Å². The normalized spacial score (nSPS) is 10.9. The minimum Gasteiger partial charge on any atom is -0.411 e. The third-order valence-electron chi connectivity index (χ3n) is 3.95. The van der Waals surface area contributed by atoms with Crippen LogP contribution in [0.25, 0.3) is 11.5 Å². The predicted octanol–water partition coefficient (Wildman–Crippen LogP) is 5.10. The van der Waals surface area contributed by atoms with Crippen molar-refractivity contribution in [1.82, 2.24) is 10.2 Å². The molecule has 10 heteroatoms. The Labute approximate surface area is 184 Å². The molecule has 0 atom stereocenters. The average molecular weight is 524 g/mol. The molecular formula is C19H17IN4O4S. The lowest BCUT2D eigenvalue weighted by Gasteiger charge is -2.14. The van der Waals surface area contributed by atoms with Crippen LogP contribution >= 0.6 is 34.4 Å². The highest BCUT2D eigenvalue weighted by atomic mass is 127. The summed E-state index contributed by atoms with van der Waals surface area (Å²) in [6, 6.07) is 11.8. The number of hydrogen-bond acceptors (Lipinski definition) is 7. The molecule has 2 aromatic carbocycles. The number of nitrogens with zero attached hydrogens (tertiary/aromatic N) is 3. The van der Waals surface area contributed by atoms with Gasteiger partial charge < -0.3 is 9.73 Å². The Morgan fingerprint density at radius 3 is 2.79 bits per heavy atom. The van der Waals surface area contributed by atoms with Gasteiger partial charge in [-0.1, -0.05) is 31.7 Å². The summed E-state index contributed by atoms with van der Waals surface area (Å²) in [5, 5.41) is 21.8. The lowest BCUT2D eigenvalue weighted by atomic mass is 10.0. The van der Waals surface area contributed by atoms with Gasteiger partial charge >= 0.3 is 0 Å². The quantitative estimate of drug-likeness (QED) is 0.198. The van der Waals surface area contributed by atoms with E-state index in [9.17, 15) is 14.9 Å². The SMILES string of the molecule is CC(C)c1cc(I)ccc1NC(=O)CSc1nnc(-c2cccc([N+](=O)[O-])c2)o1. The number of carbonyl (C=O) groups excluding carboxylic acids is 1. The summed E-state index contributed by atoms with van der Waals surface area (Å²) in [6.45, 7) is 4.15. The summed E-state index contributed by atoms with van der Waals surface area (Å²) in [6.07, 6.45) is 0. The van der Waals surface area contributed by atoms with Crippen LogP contribution in [0.4, 0.5) is 11.4 Å². The number of anilines is 1. The zero-order valence-electron chi connectivity index (χ0n) is 15.6. The van der Waals surface area contributed by atoms with Crippen LogP contribution in [0.1, 0.15) is 25.3 Å². The first-order valence-corrected chi connectivity index (χ1v) is 10.7. The van der Waals surface area contributed by atoms with Gasteiger partial charge in [0, 0.05) is 27.0 Å². The van der Waals surface area contributed by atoms with Crippen molar-refractivity contribution >= 4 is 51.6 Å². The molecule has 3 rings (SSSR count). The van der Waals surface area contributed by atoms with Crippen molar-refractivity contribution in [2.24, 2.45) is 0 Å². The number of nitrogens with one attached hydrogen (secondary N) is 1. The van der Waals surface area contributed by atoms with Crippen LogP contribution in [-0.4, -0.2) is 26.8 Å². The second-order valence-electron chi connectivity index (χ2n) is 6.40. The van der Waals surface area contributed by atoms with Crippen molar-refractivity contribution in [1.29, 1.82) is 0 Å². The zero-order valence-corrected chi connectivity index (χ0v) is 18.6. The maximum Gasteiger partial charge on any atom is 0.277 e. The Morgan fingerprint density at radius 1 is 1.28 bits per heavy atom. The topological polar surface area (TPSA) is 111 Å². The molecule has 0 saturated heterocycles. The van der Waals surface area contributed by atoms with E-state index < -0.39 is 4.92 Å². The predicted molar refractivity (Wildman–Crippen MR) is 119 cm³/mol. The molecule has 0 saturated carbocycles. The number of carbonyl (C=O) groups is 1. The molecule has 0 spiro atoms. The van der Waals surface area contributed by atoms with Crippen LogP contribution in [0.15, 0.2) is 52.1 Å². The molecule has 0 radical (unpaired) electrons. The van der Waals surface area contributed by atoms with Crippen LogP contribution in [0.5, 0.6) is 0 Å². The summed E-state index contributed by atoms with van der Waals surface area (Å²) in [4.78, 5) is 22.7. The monoisotopic (exact) mass is 524 g/mol. The molecule has 0 aliphatic carbocycles. The lowest BCUT2D eigenvalue weighted by molar-refractivity contribution is -0.384. The number of halogens is 1. The van der Waals surface area contributed by atoms with Gasteiger partial charge in [-0.3, -0.25) is 14.9 Å². The fourth-order valence-corrected chi connectivity index (χ4v) is 3.65. The van der Waals surface area contributed by atoms with E-state index in [-0.39, 0.29) is 34.4 Å². The summed E-state index contributed by atoms with van der Waals surface area (Å²) >= 11 is 3.35. The Hall–Kier alpha value is -2.47. The van der Waals surface area contributed by atoms with Crippen LogP contribution in [0, 0.1) is 13.7 Å². The second-order valence-corrected chi connectivity index (χ2v) is 8.58. The maximum atomic E-state index is 12.3. The van der Waals surface area contributed by atoms with Gasteiger partial charge in [-0.15, -0.1) is 10.2 Å². The molecule has 0 aliphatic rings. The van der Waals surface area contributed by atoms with E-state index in [4.69, 9.17) is 4.42 Å². The van der Waals surface area contributed by atoms with Crippen LogP contribution in [0.2, 0.25) is 0 Å². The maximum absolute atomic E-state index is 12.3. The second kappa shape index (κ2) is 9.35. The molecule has 0 fully saturated rings. The molecule has 1 N–H and O–H groups in total. The fourth-order valence-electron chi connectivity index (χ4n) is 2.58. The van der Waals surface area contributed by atoms with E-state index in [0.29, 0.717) is 5.56 Å². The van der Waals surface area contributed by atoms with Crippen LogP contribution in [0.3, 0.4) is 0 Å². The van der Waals surface area contributed by atoms with Gasteiger partial charge in [0.05, 0.1) is 10.7 Å². The van der Waals surface area contributed by atoms with Gasteiger partial charge in [-0.25, -0.2) is 0 Å². The molecular weight excluding hydrogens is 507 g/mol. The lowest BCUT2D eigenvalue weighted by Crippen LogP contribution is -2.15. The number of amides is 1.